The molecule has 1 amide bonds. The number of hydrogen-bond acceptors (Lipinski definition) is 5. The first-order valence-electron chi connectivity index (χ1n) is 9.63. The monoisotopic (exact) mass is 439 g/mol. The van der Waals surface area contributed by atoms with E-state index in [9.17, 15) is 9.18 Å². The van der Waals surface area contributed by atoms with Crippen LogP contribution >= 0.6 is 11.6 Å². The van der Waals surface area contributed by atoms with Gasteiger partial charge >= 0.3 is 0 Å². The zero-order valence-corrected chi connectivity index (χ0v) is 17.6. The standard InChI is InChI=1S/C22H19ClFN5O2/c1-14(2)28(13-20-25-26-21(31-20)15-7-3-4-8-16(15)23)22(30)18-11-12-29(27-18)19-10-6-5-9-17(19)24/h3-12,14H,13H2,1-2H3. The first kappa shape index (κ1) is 20.7. The molecule has 0 aliphatic rings. The van der Waals surface area contributed by atoms with E-state index in [0.29, 0.717) is 10.6 Å². The van der Waals surface area contributed by atoms with Crippen LogP contribution in [-0.2, 0) is 6.54 Å². The van der Waals surface area contributed by atoms with E-state index in [2.05, 4.69) is 15.3 Å². The van der Waals surface area contributed by atoms with E-state index >= 15 is 0 Å². The van der Waals surface area contributed by atoms with Crippen LogP contribution in [0, 0.1) is 5.82 Å². The summed E-state index contributed by atoms with van der Waals surface area (Å²) in [7, 11) is 0. The van der Waals surface area contributed by atoms with E-state index in [1.807, 2.05) is 26.0 Å². The average molecular weight is 440 g/mol. The van der Waals surface area contributed by atoms with Crippen LogP contribution in [0.4, 0.5) is 4.39 Å². The Kier molecular flexibility index (Phi) is 5.81. The van der Waals surface area contributed by atoms with Crippen molar-refractivity contribution in [3.8, 4) is 17.1 Å². The van der Waals surface area contributed by atoms with Crippen LogP contribution in [-0.4, -0.2) is 36.8 Å². The van der Waals surface area contributed by atoms with E-state index < -0.39 is 5.82 Å². The summed E-state index contributed by atoms with van der Waals surface area (Å²) < 4.78 is 21.1. The molecule has 0 atom stereocenters. The number of aromatic nitrogens is 4. The summed E-state index contributed by atoms with van der Waals surface area (Å²) in [5.41, 5.74) is 1.07. The number of para-hydroxylation sites is 1. The lowest BCUT2D eigenvalue weighted by Crippen LogP contribution is -2.36. The van der Waals surface area contributed by atoms with Crippen molar-refractivity contribution in [1.82, 2.24) is 24.9 Å². The molecule has 0 aliphatic carbocycles. The first-order valence-corrected chi connectivity index (χ1v) is 10.0. The largest absolute Gasteiger partial charge is 0.419 e. The number of halogens is 2. The Labute approximate surface area is 183 Å². The summed E-state index contributed by atoms with van der Waals surface area (Å²) in [6.07, 6.45) is 1.55. The summed E-state index contributed by atoms with van der Waals surface area (Å²) in [6.45, 7) is 3.84. The molecule has 31 heavy (non-hydrogen) atoms. The van der Waals surface area contributed by atoms with E-state index in [0.717, 1.165) is 0 Å². The topological polar surface area (TPSA) is 77.0 Å². The van der Waals surface area contributed by atoms with Crippen molar-refractivity contribution in [3.05, 3.63) is 83.2 Å². The predicted molar refractivity (Wildman–Crippen MR) is 113 cm³/mol. The van der Waals surface area contributed by atoms with Crippen molar-refractivity contribution in [2.24, 2.45) is 0 Å². The van der Waals surface area contributed by atoms with Gasteiger partial charge < -0.3 is 9.32 Å². The molecular weight excluding hydrogens is 421 g/mol. The Balaban J connectivity index is 1.56. The minimum absolute atomic E-state index is 0.0977. The third kappa shape index (κ3) is 4.34. The van der Waals surface area contributed by atoms with Crippen molar-refractivity contribution in [3.63, 3.8) is 0 Å². The van der Waals surface area contributed by atoms with Crippen molar-refractivity contribution >= 4 is 17.5 Å². The number of benzene rings is 2. The second kappa shape index (κ2) is 8.69. The van der Waals surface area contributed by atoms with Crippen molar-refractivity contribution in [2.75, 3.05) is 0 Å². The molecule has 0 N–H and O–H groups in total. The van der Waals surface area contributed by atoms with Gasteiger partial charge in [0.2, 0.25) is 11.8 Å². The van der Waals surface area contributed by atoms with Crippen LogP contribution in [0.1, 0.15) is 30.2 Å². The molecule has 4 rings (SSSR count). The maximum Gasteiger partial charge on any atom is 0.275 e. The molecule has 0 saturated carbocycles. The number of carbonyl (C=O) groups is 1. The van der Waals surface area contributed by atoms with Gasteiger partial charge in [0.25, 0.3) is 5.91 Å². The molecule has 0 aliphatic heterocycles. The molecule has 2 aromatic heterocycles. The highest BCUT2D eigenvalue weighted by molar-refractivity contribution is 6.33. The van der Waals surface area contributed by atoms with Gasteiger partial charge in [-0.15, -0.1) is 10.2 Å². The fourth-order valence-corrected chi connectivity index (χ4v) is 3.27. The molecule has 0 bridgehead atoms. The fourth-order valence-electron chi connectivity index (χ4n) is 3.05. The molecule has 0 fully saturated rings. The lowest BCUT2D eigenvalue weighted by Gasteiger charge is -2.24. The molecule has 0 unspecified atom stereocenters. The van der Waals surface area contributed by atoms with Crippen molar-refractivity contribution in [1.29, 1.82) is 0 Å². The number of nitrogens with zero attached hydrogens (tertiary/aromatic N) is 5. The Morgan fingerprint density at radius 2 is 1.87 bits per heavy atom. The zero-order valence-electron chi connectivity index (χ0n) is 16.9. The molecule has 0 saturated heterocycles. The molecule has 0 radical (unpaired) electrons. The highest BCUT2D eigenvalue weighted by atomic mass is 35.5. The van der Waals surface area contributed by atoms with Gasteiger partial charge in [-0.1, -0.05) is 35.9 Å². The van der Waals surface area contributed by atoms with Gasteiger partial charge in [-0.05, 0) is 44.2 Å². The molecule has 2 heterocycles. The summed E-state index contributed by atoms with van der Waals surface area (Å²) in [5, 5.41) is 12.8. The van der Waals surface area contributed by atoms with Gasteiger partial charge in [0.1, 0.15) is 11.5 Å². The Hall–Kier alpha value is -3.52. The summed E-state index contributed by atoms with van der Waals surface area (Å²) in [6, 6.07) is 14.7. The molecule has 158 valence electrons. The highest BCUT2D eigenvalue weighted by Crippen LogP contribution is 2.26. The minimum Gasteiger partial charge on any atom is -0.419 e. The van der Waals surface area contributed by atoms with Gasteiger partial charge in [-0.2, -0.15) is 5.10 Å². The number of hydrogen-bond donors (Lipinski definition) is 0. The van der Waals surface area contributed by atoms with E-state index in [-0.39, 0.29) is 41.7 Å². The van der Waals surface area contributed by atoms with Gasteiger partial charge in [-0.3, -0.25) is 4.79 Å². The van der Waals surface area contributed by atoms with Gasteiger partial charge in [0, 0.05) is 12.2 Å². The maximum absolute atomic E-state index is 14.0. The number of rotatable bonds is 6. The summed E-state index contributed by atoms with van der Waals surface area (Å²) in [4.78, 5) is 14.7. The predicted octanol–water partition coefficient (Wildman–Crippen LogP) is 4.77. The minimum atomic E-state index is -0.428. The Morgan fingerprint density at radius 1 is 1.13 bits per heavy atom. The smallest absolute Gasteiger partial charge is 0.275 e. The lowest BCUT2D eigenvalue weighted by atomic mass is 10.2. The number of amides is 1. The third-order valence-electron chi connectivity index (χ3n) is 4.67. The van der Waals surface area contributed by atoms with Gasteiger partial charge in [0.15, 0.2) is 5.69 Å². The fraction of sp³-hybridized carbons (Fsp3) is 0.182. The van der Waals surface area contributed by atoms with Crippen LogP contribution in [0.3, 0.4) is 0 Å². The molecule has 7 nitrogen and oxygen atoms in total. The molecule has 9 heteroatoms. The van der Waals surface area contributed by atoms with Crippen LogP contribution in [0.25, 0.3) is 17.1 Å². The van der Waals surface area contributed by atoms with Gasteiger partial charge in [0.05, 0.1) is 17.1 Å². The molecular formula is C22H19ClFN5O2. The van der Waals surface area contributed by atoms with E-state index in [1.54, 1.807) is 47.5 Å². The Bertz CT molecular complexity index is 1220. The van der Waals surface area contributed by atoms with E-state index in [1.165, 1.54) is 10.7 Å². The molecule has 0 spiro atoms. The van der Waals surface area contributed by atoms with Crippen molar-refractivity contribution in [2.45, 2.75) is 26.4 Å². The lowest BCUT2D eigenvalue weighted by molar-refractivity contribution is 0.0666. The quantitative estimate of drug-likeness (QED) is 0.432. The van der Waals surface area contributed by atoms with Gasteiger partial charge in [-0.25, -0.2) is 9.07 Å². The molecule has 2 aromatic carbocycles. The number of carbonyl (C=O) groups excluding carboxylic acids is 1. The average Bonchev–Trinajstić information content (AvgIpc) is 3.42. The molecule has 4 aromatic rings. The normalized spacial score (nSPS) is 11.1. The van der Waals surface area contributed by atoms with Crippen molar-refractivity contribution < 1.29 is 13.6 Å². The van der Waals surface area contributed by atoms with Crippen LogP contribution < -0.4 is 0 Å². The van der Waals surface area contributed by atoms with E-state index in [4.69, 9.17) is 16.0 Å². The Morgan fingerprint density at radius 3 is 2.61 bits per heavy atom. The van der Waals surface area contributed by atoms with Crippen LogP contribution in [0.5, 0.6) is 0 Å². The SMILES string of the molecule is CC(C)N(Cc1nnc(-c2ccccc2Cl)o1)C(=O)c1ccn(-c2ccccc2F)n1. The second-order valence-corrected chi connectivity index (χ2v) is 7.51. The van der Waals surface area contributed by atoms with Crippen LogP contribution in [0.2, 0.25) is 5.02 Å². The second-order valence-electron chi connectivity index (χ2n) is 7.10. The summed E-state index contributed by atoms with van der Waals surface area (Å²) in [5.74, 6) is -0.211. The summed E-state index contributed by atoms with van der Waals surface area (Å²) >= 11 is 6.19. The third-order valence-corrected chi connectivity index (χ3v) is 5.00. The van der Waals surface area contributed by atoms with Crippen LogP contribution in [0.15, 0.2) is 65.2 Å². The first-order chi connectivity index (χ1) is 14.9. The zero-order chi connectivity index (χ0) is 22.0. The highest BCUT2D eigenvalue weighted by Gasteiger charge is 2.24. The maximum atomic E-state index is 14.0.